The van der Waals surface area contributed by atoms with Crippen LogP contribution in [0, 0.1) is 0 Å². The van der Waals surface area contributed by atoms with Gasteiger partial charge in [0.1, 0.15) is 0 Å². The highest BCUT2D eigenvalue weighted by Gasteiger charge is 2.53. The second-order valence-corrected chi connectivity index (χ2v) is 3.78. The molecule has 1 saturated heterocycles. The van der Waals surface area contributed by atoms with Crippen LogP contribution >= 0.6 is 0 Å². The molecule has 0 spiro atoms. The van der Waals surface area contributed by atoms with E-state index in [1.807, 2.05) is 5.32 Å². The Balaban J connectivity index is 2.17. The number of carbonyl (C=O) groups excluding carboxylic acids is 2. The molecule has 2 heterocycles. The summed E-state index contributed by atoms with van der Waals surface area (Å²) < 4.78 is 0. The molecule has 92 valence electrons. The van der Waals surface area contributed by atoms with Crippen LogP contribution in [0.1, 0.15) is 0 Å². The predicted octanol–water partition coefficient (Wildman–Crippen LogP) is 0.167. The number of benzene rings is 1. The number of nitrogens with zero attached hydrogens (tertiary/aromatic N) is 1. The van der Waals surface area contributed by atoms with Crippen LogP contribution in [-0.4, -0.2) is 28.8 Å². The minimum Gasteiger partial charge on any atom is -0.339 e. The van der Waals surface area contributed by atoms with Gasteiger partial charge in [-0.3, -0.25) is 15.4 Å². The lowest BCUT2D eigenvalue weighted by molar-refractivity contribution is -0.284. The number of hydrogen-bond donors (Lipinski definition) is 4. The van der Waals surface area contributed by atoms with Crippen LogP contribution in [0.25, 0.3) is 0 Å². The molecule has 1 unspecified atom stereocenters. The van der Waals surface area contributed by atoms with Gasteiger partial charge in [0.15, 0.2) is 5.84 Å². The molecule has 3 rings (SSSR count). The van der Waals surface area contributed by atoms with Crippen LogP contribution in [0.2, 0.25) is 0 Å². The SMILES string of the molecule is O=C1NC(=O)C2(OO)Nc3ccccc3N=C2N1. The van der Waals surface area contributed by atoms with Gasteiger partial charge in [-0.05, 0) is 12.1 Å². The van der Waals surface area contributed by atoms with Crippen LogP contribution in [0.4, 0.5) is 16.2 Å². The molecule has 0 saturated carbocycles. The smallest absolute Gasteiger partial charge is 0.327 e. The molecule has 0 aliphatic carbocycles. The predicted molar refractivity (Wildman–Crippen MR) is 60.3 cm³/mol. The van der Waals surface area contributed by atoms with E-state index in [9.17, 15) is 9.59 Å². The van der Waals surface area contributed by atoms with Gasteiger partial charge >= 0.3 is 11.8 Å². The fraction of sp³-hybridized carbons (Fsp3) is 0.100. The van der Waals surface area contributed by atoms with Gasteiger partial charge in [-0.2, -0.15) is 4.89 Å². The first-order chi connectivity index (χ1) is 8.65. The lowest BCUT2D eigenvalue weighted by atomic mass is 10.1. The number of fused-ring (bicyclic) bond motifs is 2. The number of carbonyl (C=O) groups is 2. The third-order valence-electron chi connectivity index (χ3n) is 2.70. The molecule has 1 atom stereocenters. The van der Waals surface area contributed by atoms with E-state index in [1.54, 1.807) is 24.3 Å². The van der Waals surface area contributed by atoms with Gasteiger partial charge in [0, 0.05) is 0 Å². The van der Waals surface area contributed by atoms with E-state index in [-0.39, 0.29) is 5.84 Å². The lowest BCUT2D eigenvalue weighted by Gasteiger charge is -2.37. The Morgan fingerprint density at radius 2 is 2.00 bits per heavy atom. The molecule has 0 bridgehead atoms. The summed E-state index contributed by atoms with van der Waals surface area (Å²) in [6, 6.07) is 6.11. The minimum absolute atomic E-state index is 0.113. The molecule has 1 fully saturated rings. The quantitative estimate of drug-likeness (QED) is 0.418. The maximum absolute atomic E-state index is 11.8. The van der Waals surface area contributed by atoms with Crippen molar-refractivity contribution < 1.29 is 19.7 Å². The summed E-state index contributed by atoms with van der Waals surface area (Å²) in [5.74, 6) is -0.959. The maximum Gasteiger partial charge on any atom is 0.327 e. The molecule has 4 N–H and O–H groups in total. The summed E-state index contributed by atoms with van der Waals surface area (Å²) in [7, 11) is 0. The van der Waals surface area contributed by atoms with Crippen molar-refractivity contribution in [3.63, 3.8) is 0 Å². The number of anilines is 1. The highest BCUT2D eigenvalue weighted by atomic mass is 17.1. The van der Waals surface area contributed by atoms with Crippen molar-refractivity contribution in [2.45, 2.75) is 5.72 Å². The average Bonchev–Trinajstić information content (AvgIpc) is 2.36. The number of rotatable bonds is 1. The van der Waals surface area contributed by atoms with E-state index < -0.39 is 17.7 Å². The molecule has 2 aliphatic heterocycles. The zero-order valence-corrected chi connectivity index (χ0v) is 8.93. The van der Waals surface area contributed by atoms with Crippen molar-refractivity contribution in [3.05, 3.63) is 24.3 Å². The number of amides is 3. The van der Waals surface area contributed by atoms with Crippen molar-refractivity contribution in [1.82, 2.24) is 10.6 Å². The van der Waals surface area contributed by atoms with E-state index in [4.69, 9.17) is 5.26 Å². The number of hydrogen-bond acceptors (Lipinski definition) is 6. The summed E-state index contributed by atoms with van der Waals surface area (Å²) in [5.41, 5.74) is -0.904. The highest BCUT2D eigenvalue weighted by molar-refractivity contribution is 6.26. The van der Waals surface area contributed by atoms with Crippen molar-refractivity contribution in [1.29, 1.82) is 0 Å². The van der Waals surface area contributed by atoms with Crippen molar-refractivity contribution in [3.8, 4) is 0 Å². The summed E-state index contributed by atoms with van der Waals surface area (Å²) in [4.78, 5) is 31.3. The fourth-order valence-corrected chi connectivity index (χ4v) is 1.84. The summed E-state index contributed by atoms with van der Waals surface area (Å²) in [6.45, 7) is 0. The molecular weight excluding hydrogens is 240 g/mol. The van der Waals surface area contributed by atoms with Gasteiger partial charge in [-0.25, -0.2) is 15.0 Å². The normalized spacial score (nSPS) is 25.1. The van der Waals surface area contributed by atoms with Crippen LogP contribution < -0.4 is 16.0 Å². The van der Waals surface area contributed by atoms with Gasteiger partial charge in [-0.15, -0.1) is 0 Å². The number of para-hydroxylation sites is 2. The number of amidine groups is 1. The third kappa shape index (κ3) is 1.30. The van der Waals surface area contributed by atoms with Gasteiger partial charge in [0.25, 0.3) is 5.91 Å². The van der Waals surface area contributed by atoms with Gasteiger partial charge in [0.05, 0.1) is 11.4 Å². The van der Waals surface area contributed by atoms with E-state index >= 15 is 0 Å². The molecule has 0 aromatic heterocycles. The van der Waals surface area contributed by atoms with Crippen LogP contribution in [0.3, 0.4) is 0 Å². The molecule has 8 nitrogen and oxygen atoms in total. The number of urea groups is 1. The zero-order chi connectivity index (χ0) is 12.8. The van der Waals surface area contributed by atoms with Crippen LogP contribution in [0.15, 0.2) is 29.3 Å². The van der Waals surface area contributed by atoms with E-state index in [2.05, 4.69) is 20.5 Å². The summed E-state index contributed by atoms with van der Waals surface area (Å²) >= 11 is 0. The van der Waals surface area contributed by atoms with Crippen molar-refractivity contribution in [2.75, 3.05) is 5.32 Å². The minimum atomic E-state index is -1.93. The second-order valence-electron chi connectivity index (χ2n) is 3.78. The Morgan fingerprint density at radius 3 is 2.78 bits per heavy atom. The first-order valence-corrected chi connectivity index (χ1v) is 5.07. The molecule has 18 heavy (non-hydrogen) atoms. The number of nitrogens with one attached hydrogen (secondary N) is 3. The van der Waals surface area contributed by atoms with Gasteiger partial charge in [0.2, 0.25) is 0 Å². The second kappa shape index (κ2) is 3.52. The fourth-order valence-electron chi connectivity index (χ4n) is 1.84. The van der Waals surface area contributed by atoms with E-state index in [0.29, 0.717) is 11.4 Å². The van der Waals surface area contributed by atoms with Crippen molar-refractivity contribution >= 4 is 29.1 Å². The number of aliphatic imine (C=N–C) groups is 1. The first-order valence-electron chi connectivity index (χ1n) is 5.07. The Kier molecular flexibility index (Phi) is 2.09. The molecule has 2 aliphatic rings. The standard InChI is InChI=1S/C10H8N4O4/c15-8-10(18-17)7(12-9(16)13-8)11-5-3-1-2-4-6(5)14-10/h1-4,14,17H,(H2,11,12,13,15,16). The summed E-state index contributed by atoms with van der Waals surface area (Å²) in [5, 5.41) is 16.0. The molecular formula is C10H8N4O4. The molecule has 1 aromatic rings. The Hall–Kier alpha value is -2.45. The third-order valence-corrected chi connectivity index (χ3v) is 2.70. The molecule has 0 radical (unpaired) electrons. The molecule has 3 amide bonds. The van der Waals surface area contributed by atoms with Gasteiger partial charge < -0.3 is 5.32 Å². The van der Waals surface area contributed by atoms with Crippen LogP contribution in [0.5, 0.6) is 0 Å². The zero-order valence-electron chi connectivity index (χ0n) is 8.93. The first kappa shape index (κ1) is 10.7. The Morgan fingerprint density at radius 1 is 1.22 bits per heavy atom. The topological polar surface area (TPSA) is 112 Å². The Bertz CT molecular complexity index is 585. The highest BCUT2D eigenvalue weighted by Crippen LogP contribution is 2.34. The van der Waals surface area contributed by atoms with E-state index in [1.165, 1.54) is 0 Å². The Labute approximate surface area is 101 Å². The number of imide groups is 1. The monoisotopic (exact) mass is 248 g/mol. The summed E-state index contributed by atoms with van der Waals surface area (Å²) in [6.07, 6.45) is 0. The lowest BCUT2D eigenvalue weighted by Crippen LogP contribution is -2.71. The van der Waals surface area contributed by atoms with Crippen molar-refractivity contribution in [2.24, 2.45) is 4.99 Å². The molecule has 1 aromatic carbocycles. The molecule has 8 heteroatoms. The maximum atomic E-state index is 11.8. The van der Waals surface area contributed by atoms with E-state index in [0.717, 1.165) is 0 Å². The van der Waals surface area contributed by atoms with Crippen LogP contribution in [-0.2, 0) is 9.68 Å². The van der Waals surface area contributed by atoms with Gasteiger partial charge in [-0.1, -0.05) is 12.1 Å². The largest absolute Gasteiger partial charge is 0.339 e. The average molecular weight is 248 g/mol.